The summed E-state index contributed by atoms with van der Waals surface area (Å²) in [6.45, 7) is 7.39. The molecule has 5 nitrogen and oxygen atoms in total. The van der Waals surface area contributed by atoms with E-state index in [1.165, 1.54) is 5.56 Å². The first-order valence-corrected chi connectivity index (χ1v) is 10.0. The highest BCUT2D eigenvalue weighted by atomic mass is 16.5. The van der Waals surface area contributed by atoms with Crippen molar-refractivity contribution in [2.45, 2.75) is 19.3 Å². The number of fused-ring (bicyclic) bond motifs is 1. The summed E-state index contributed by atoms with van der Waals surface area (Å²) >= 11 is 0. The fraction of sp³-hybridized carbons (Fsp3) is 0.391. The fourth-order valence-electron chi connectivity index (χ4n) is 3.81. The Morgan fingerprint density at radius 1 is 1.11 bits per heavy atom. The Labute approximate surface area is 166 Å². The summed E-state index contributed by atoms with van der Waals surface area (Å²) in [5, 5.41) is 3.42. The van der Waals surface area contributed by atoms with Gasteiger partial charge in [0.1, 0.15) is 11.8 Å². The van der Waals surface area contributed by atoms with Crippen LogP contribution in [-0.4, -0.2) is 55.9 Å². The van der Waals surface area contributed by atoms with Crippen molar-refractivity contribution in [3.05, 3.63) is 65.2 Å². The maximum atomic E-state index is 13.2. The van der Waals surface area contributed by atoms with Gasteiger partial charge in [-0.25, -0.2) is 0 Å². The summed E-state index contributed by atoms with van der Waals surface area (Å²) in [4.78, 5) is 20.5. The molecule has 1 saturated heterocycles. The number of rotatable bonds is 5. The van der Waals surface area contributed by atoms with Crippen LogP contribution in [0.5, 0.6) is 0 Å². The van der Waals surface area contributed by atoms with Crippen LogP contribution in [0.3, 0.4) is 0 Å². The topological polar surface area (TPSA) is 53.9 Å². The number of benzene rings is 2. The van der Waals surface area contributed by atoms with Crippen LogP contribution in [0.25, 0.3) is 0 Å². The molecule has 0 amide bonds. The molecule has 2 heterocycles. The predicted octanol–water partition coefficient (Wildman–Crippen LogP) is 3.51. The first-order chi connectivity index (χ1) is 13.7. The number of hydrogen-bond donors (Lipinski definition) is 1. The van der Waals surface area contributed by atoms with Gasteiger partial charge >= 0.3 is 0 Å². The van der Waals surface area contributed by atoms with Gasteiger partial charge in [-0.15, -0.1) is 0 Å². The molecule has 1 N–H and O–H groups in total. The Hall–Kier alpha value is -2.50. The number of ketones is 1. The first-order valence-electron chi connectivity index (χ1n) is 10.0. The Kier molecular flexibility index (Phi) is 5.84. The molecule has 5 heteroatoms. The van der Waals surface area contributed by atoms with Crippen molar-refractivity contribution >= 4 is 17.3 Å². The lowest BCUT2D eigenvalue weighted by molar-refractivity contribution is 0.0377. The number of aryl methyl sites for hydroxylation is 1. The Morgan fingerprint density at radius 3 is 2.64 bits per heavy atom. The number of carbonyl (C=O) groups is 1. The number of para-hydroxylation sites is 1. The largest absolute Gasteiger partial charge is 0.379 e. The lowest BCUT2D eigenvalue weighted by atomic mass is 9.85. The standard InChI is InChI=1S/C23H27N3O2/c1-17-7-9-18(10-8-17)21-22(27)19-5-2-3-6-20(19)25-23(21)24-11-4-12-26-13-15-28-16-14-26/h2-3,5-10,21H,4,11-16H2,1H3,(H,24,25). The summed E-state index contributed by atoms with van der Waals surface area (Å²) in [6.07, 6.45) is 0.974. The van der Waals surface area contributed by atoms with E-state index in [0.717, 1.165) is 61.9 Å². The van der Waals surface area contributed by atoms with Crippen LogP contribution in [0.2, 0.25) is 0 Å². The number of amidine groups is 1. The molecule has 1 fully saturated rings. The minimum atomic E-state index is -0.362. The van der Waals surface area contributed by atoms with Crippen molar-refractivity contribution in [3.8, 4) is 0 Å². The molecule has 1 unspecified atom stereocenters. The monoisotopic (exact) mass is 377 g/mol. The zero-order valence-corrected chi connectivity index (χ0v) is 16.4. The van der Waals surface area contributed by atoms with Gasteiger partial charge in [0.05, 0.1) is 18.9 Å². The molecule has 28 heavy (non-hydrogen) atoms. The van der Waals surface area contributed by atoms with E-state index < -0.39 is 0 Å². The molecule has 0 saturated carbocycles. The molecule has 0 spiro atoms. The van der Waals surface area contributed by atoms with E-state index in [-0.39, 0.29) is 11.7 Å². The third-order valence-electron chi connectivity index (χ3n) is 5.42. The molecule has 4 rings (SSSR count). The Balaban J connectivity index is 1.53. The number of ether oxygens (including phenoxy) is 1. The lowest BCUT2D eigenvalue weighted by Gasteiger charge is -2.28. The van der Waals surface area contributed by atoms with E-state index in [4.69, 9.17) is 9.73 Å². The van der Waals surface area contributed by atoms with Crippen molar-refractivity contribution in [1.29, 1.82) is 0 Å². The summed E-state index contributed by atoms with van der Waals surface area (Å²) < 4.78 is 5.40. The first kappa shape index (κ1) is 18.8. The molecule has 146 valence electrons. The zero-order chi connectivity index (χ0) is 19.3. The minimum Gasteiger partial charge on any atom is -0.379 e. The number of aliphatic imine (C=N–C) groups is 1. The normalized spacial score (nSPS) is 21.4. The van der Waals surface area contributed by atoms with Crippen LogP contribution < -0.4 is 5.32 Å². The van der Waals surface area contributed by atoms with Gasteiger partial charge in [-0.3, -0.25) is 14.7 Å². The lowest BCUT2D eigenvalue weighted by Crippen LogP contribution is -2.37. The van der Waals surface area contributed by atoms with Crippen LogP contribution in [0.4, 0.5) is 5.69 Å². The number of anilines is 1. The van der Waals surface area contributed by atoms with Gasteiger partial charge < -0.3 is 10.1 Å². The highest BCUT2D eigenvalue weighted by molar-refractivity contribution is 6.25. The van der Waals surface area contributed by atoms with Crippen molar-refractivity contribution in [3.63, 3.8) is 0 Å². The molecule has 0 aromatic heterocycles. The summed E-state index contributed by atoms with van der Waals surface area (Å²) in [5.74, 6) is 0.513. The predicted molar refractivity (Wildman–Crippen MR) is 112 cm³/mol. The van der Waals surface area contributed by atoms with Gasteiger partial charge in [-0.2, -0.15) is 0 Å². The fourth-order valence-corrected chi connectivity index (χ4v) is 3.81. The second-order valence-corrected chi connectivity index (χ2v) is 7.45. The van der Waals surface area contributed by atoms with E-state index >= 15 is 0 Å². The average Bonchev–Trinajstić information content (AvgIpc) is 2.73. The smallest absolute Gasteiger partial charge is 0.179 e. The van der Waals surface area contributed by atoms with E-state index in [0.29, 0.717) is 6.54 Å². The van der Waals surface area contributed by atoms with Crippen LogP contribution in [-0.2, 0) is 4.74 Å². The molecular weight excluding hydrogens is 350 g/mol. The van der Waals surface area contributed by atoms with Crippen molar-refractivity contribution in [1.82, 2.24) is 4.90 Å². The number of carbonyl (C=O) groups excluding carboxylic acids is 1. The number of hydrogen-bond acceptors (Lipinski definition) is 4. The summed E-state index contributed by atoms with van der Waals surface area (Å²) in [6, 6.07) is 15.9. The summed E-state index contributed by atoms with van der Waals surface area (Å²) in [7, 11) is 0. The molecule has 0 bridgehead atoms. The van der Waals surface area contributed by atoms with Crippen LogP contribution in [0.1, 0.15) is 33.8 Å². The maximum absolute atomic E-state index is 13.2. The third-order valence-corrected chi connectivity index (χ3v) is 5.42. The number of nitrogens with zero attached hydrogens (tertiary/aromatic N) is 2. The van der Waals surface area contributed by atoms with Crippen LogP contribution >= 0.6 is 0 Å². The van der Waals surface area contributed by atoms with Crippen LogP contribution in [0, 0.1) is 6.92 Å². The molecule has 2 aliphatic rings. The van der Waals surface area contributed by atoms with Gasteiger partial charge in [0.2, 0.25) is 0 Å². The maximum Gasteiger partial charge on any atom is 0.179 e. The Bertz CT molecular complexity index is 854. The van der Waals surface area contributed by atoms with E-state index in [1.54, 1.807) is 0 Å². The highest BCUT2D eigenvalue weighted by Gasteiger charge is 2.33. The van der Waals surface area contributed by atoms with Gasteiger partial charge in [-0.1, -0.05) is 42.0 Å². The van der Waals surface area contributed by atoms with Gasteiger partial charge in [0, 0.05) is 31.7 Å². The van der Waals surface area contributed by atoms with Gasteiger partial charge in [0.15, 0.2) is 5.78 Å². The second kappa shape index (κ2) is 8.67. The molecular formula is C23H27N3O2. The molecule has 2 aliphatic heterocycles. The van der Waals surface area contributed by atoms with E-state index in [2.05, 4.69) is 29.3 Å². The van der Waals surface area contributed by atoms with Crippen molar-refractivity contribution in [2.75, 3.05) is 44.7 Å². The van der Waals surface area contributed by atoms with E-state index in [1.807, 2.05) is 36.4 Å². The van der Waals surface area contributed by atoms with Crippen LogP contribution in [0.15, 0.2) is 53.5 Å². The van der Waals surface area contributed by atoms with E-state index in [9.17, 15) is 4.79 Å². The molecule has 1 atom stereocenters. The molecule has 0 aliphatic carbocycles. The quantitative estimate of drug-likeness (QED) is 0.810. The molecule has 0 radical (unpaired) electrons. The third kappa shape index (κ3) is 4.16. The average molecular weight is 377 g/mol. The molecule has 2 aromatic carbocycles. The van der Waals surface area contributed by atoms with Crippen molar-refractivity contribution in [2.24, 2.45) is 4.99 Å². The SMILES string of the molecule is Cc1ccc(C2C(=O)c3ccccc3NC2=NCCCN2CCOCC2)cc1. The van der Waals surface area contributed by atoms with Gasteiger partial charge in [-0.05, 0) is 31.0 Å². The second-order valence-electron chi connectivity index (χ2n) is 7.45. The van der Waals surface area contributed by atoms with Gasteiger partial charge in [0.25, 0.3) is 0 Å². The molecule has 2 aromatic rings. The number of nitrogens with one attached hydrogen (secondary N) is 1. The minimum absolute atomic E-state index is 0.116. The number of Topliss-reactive ketones (excluding diaryl/α,β-unsaturated/α-hetero) is 1. The Morgan fingerprint density at radius 2 is 1.86 bits per heavy atom. The highest BCUT2D eigenvalue weighted by Crippen LogP contribution is 2.32. The number of morpholine rings is 1. The summed E-state index contributed by atoms with van der Waals surface area (Å²) in [5.41, 5.74) is 3.76. The van der Waals surface area contributed by atoms with Crippen molar-refractivity contribution < 1.29 is 9.53 Å². The zero-order valence-electron chi connectivity index (χ0n) is 16.4.